The average Bonchev–Trinajstić information content (AvgIpc) is 2.26. The lowest BCUT2D eigenvalue weighted by atomic mass is 10.2. The average molecular weight is 239 g/mol. The van der Waals surface area contributed by atoms with Crippen molar-refractivity contribution in [2.45, 2.75) is 0 Å². The van der Waals surface area contributed by atoms with Crippen LogP contribution in [0.5, 0.6) is 0 Å². The van der Waals surface area contributed by atoms with Gasteiger partial charge in [-0.3, -0.25) is 10.1 Å². The summed E-state index contributed by atoms with van der Waals surface area (Å²) in [4.78, 5) is 12.6. The summed E-state index contributed by atoms with van der Waals surface area (Å²) in [6.45, 7) is 0.176. The number of hydrogen-bond donors (Lipinski definition) is 0. The van der Waals surface area contributed by atoms with Gasteiger partial charge in [-0.1, -0.05) is 28.9 Å². The van der Waals surface area contributed by atoms with Crippen molar-refractivity contribution in [2.75, 3.05) is 6.54 Å². The Kier molecular flexibility index (Phi) is 4.32. The fourth-order valence-electron chi connectivity index (χ4n) is 1.04. The minimum atomic E-state index is -0.499. The van der Waals surface area contributed by atoms with Crippen molar-refractivity contribution in [3.8, 4) is 0 Å². The Balaban J connectivity index is 2.94. The molecule has 0 aliphatic heterocycles. The Labute approximate surface area is 95.9 Å². The van der Waals surface area contributed by atoms with Crippen LogP contribution in [0.2, 0.25) is 5.02 Å². The Morgan fingerprint density at radius 2 is 2.38 bits per heavy atom. The van der Waals surface area contributed by atoms with Gasteiger partial charge >= 0.3 is 0 Å². The van der Waals surface area contributed by atoms with Crippen LogP contribution in [-0.4, -0.2) is 11.5 Å². The smallest absolute Gasteiger partial charge is 0.258 e. The zero-order valence-corrected chi connectivity index (χ0v) is 8.83. The van der Waals surface area contributed by atoms with E-state index in [0.717, 1.165) is 0 Å². The summed E-state index contributed by atoms with van der Waals surface area (Å²) in [5.41, 5.74) is 8.53. The molecule has 6 nitrogen and oxygen atoms in total. The second-order valence-electron chi connectivity index (χ2n) is 2.78. The van der Waals surface area contributed by atoms with E-state index in [4.69, 9.17) is 17.1 Å². The summed E-state index contributed by atoms with van der Waals surface area (Å²) in [6, 6.07) is 4.13. The molecule has 1 aromatic rings. The minimum absolute atomic E-state index is 0.0344. The van der Waals surface area contributed by atoms with Crippen LogP contribution in [0.15, 0.2) is 29.4 Å². The molecular weight excluding hydrogens is 232 g/mol. The molecule has 0 bridgehead atoms. The number of nitrogens with zero attached hydrogens (tertiary/aromatic N) is 4. The van der Waals surface area contributed by atoms with Gasteiger partial charge in [-0.15, -0.1) is 0 Å². The van der Waals surface area contributed by atoms with Gasteiger partial charge in [-0.05, 0) is 17.2 Å². The number of rotatable bonds is 4. The van der Waals surface area contributed by atoms with Crippen molar-refractivity contribution in [3.63, 3.8) is 0 Å². The van der Waals surface area contributed by atoms with Crippen LogP contribution >= 0.6 is 11.6 Å². The zero-order chi connectivity index (χ0) is 12.0. The molecule has 0 fully saturated rings. The predicted octanol–water partition coefficient (Wildman–Crippen LogP) is 3.57. The van der Waals surface area contributed by atoms with Gasteiger partial charge in [0.1, 0.15) is 0 Å². The van der Waals surface area contributed by atoms with E-state index in [2.05, 4.69) is 10.0 Å². The van der Waals surface area contributed by atoms with E-state index in [1.807, 2.05) is 0 Å². The number of benzene rings is 1. The van der Waals surface area contributed by atoms with E-state index < -0.39 is 4.92 Å². The molecule has 0 saturated heterocycles. The van der Waals surface area contributed by atoms with Gasteiger partial charge in [-0.25, -0.2) is 0 Å². The van der Waals surface area contributed by atoms with Gasteiger partial charge in [-0.2, -0.15) is 0 Å². The molecule has 82 valence electrons. The molecule has 0 radical (unpaired) electrons. The summed E-state index contributed by atoms with van der Waals surface area (Å²) >= 11 is 5.84. The first-order chi connectivity index (χ1) is 7.65. The van der Waals surface area contributed by atoms with E-state index in [9.17, 15) is 10.1 Å². The maximum Gasteiger partial charge on any atom is 0.270 e. The number of hydrogen-bond acceptors (Lipinski definition) is 3. The highest BCUT2D eigenvalue weighted by atomic mass is 35.5. The van der Waals surface area contributed by atoms with E-state index in [1.165, 1.54) is 18.2 Å². The van der Waals surface area contributed by atoms with Gasteiger partial charge in [0.05, 0.1) is 4.92 Å². The van der Waals surface area contributed by atoms with E-state index >= 15 is 0 Å². The van der Waals surface area contributed by atoms with Crippen LogP contribution in [0.1, 0.15) is 5.56 Å². The summed E-state index contributed by atoms with van der Waals surface area (Å²) in [5, 5.41) is 14.2. The lowest BCUT2D eigenvalue weighted by Crippen LogP contribution is -1.88. The number of halogens is 1. The molecule has 16 heavy (non-hydrogen) atoms. The number of non-ortho nitro benzene ring substituents is 1. The Morgan fingerprint density at radius 3 is 3.00 bits per heavy atom. The highest BCUT2D eigenvalue weighted by Gasteiger charge is 2.07. The Morgan fingerprint density at radius 1 is 1.62 bits per heavy atom. The van der Waals surface area contributed by atoms with Gasteiger partial charge in [0.15, 0.2) is 0 Å². The quantitative estimate of drug-likeness (QED) is 0.264. The standard InChI is InChI=1S/C9H7ClN4O2/c10-9-4-3-8(14(15)16)6-7(9)2-1-5-12-13-11/h1-4,6H,5H2. The monoisotopic (exact) mass is 238 g/mol. The maximum absolute atomic E-state index is 10.5. The van der Waals surface area contributed by atoms with Gasteiger partial charge in [0.25, 0.3) is 5.69 Å². The first kappa shape index (κ1) is 12.0. The Hall–Kier alpha value is -2.04. The number of azide groups is 1. The van der Waals surface area contributed by atoms with Gasteiger partial charge in [0.2, 0.25) is 0 Å². The molecule has 0 aromatic heterocycles. The second kappa shape index (κ2) is 5.75. The second-order valence-corrected chi connectivity index (χ2v) is 3.19. The molecule has 0 aliphatic rings. The fraction of sp³-hybridized carbons (Fsp3) is 0.111. The third kappa shape index (κ3) is 3.27. The fourth-order valence-corrected chi connectivity index (χ4v) is 1.22. The SMILES string of the molecule is [N-]=[N+]=NCC=Cc1cc([N+](=O)[O-])ccc1Cl. The molecule has 0 aliphatic carbocycles. The number of nitro groups is 1. The molecule has 1 aromatic carbocycles. The molecule has 1 rings (SSSR count). The molecule has 0 amide bonds. The maximum atomic E-state index is 10.5. The number of nitro benzene ring substituents is 1. The summed E-state index contributed by atoms with van der Waals surface area (Å²) < 4.78 is 0. The molecule has 0 heterocycles. The van der Waals surface area contributed by atoms with Crippen molar-refractivity contribution in [2.24, 2.45) is 5.11 Å². The largest absolute Gasteiger partial charge is 0.270 e. The lowest BCUT2D eigenvalue weighted by molar-refractivity contribution is -0.384. The van der Waals surface area contributed by atoms with Crippen LogP contribution in [0.3, 0.4) is 0 Å². The van der Waals surface area contributed by atoms with E-state index in [0.29, 0.717) is 10.6 Å². The first-order valence-corrected chi connectivity index (χ1v) is 4.64. The van der Waals surface area contributed by atoms with Crippen LogP contribution in [0.4, 0.5) is 5.69 Å². The van der Waals surface area contributed by atoms with Crippen molar-refractivity contribution in [3.05, 3.63) is 55.4 Å². The normalized spacial score (nSPS) is 10.1. The summed E-state index contributed by atoms with van der Waals surface area (Å²) in [5.74, 6) is 0. The lowest BCUT2D eigenvalue weighted by Gasteiger charge is -1.97. The molecule has 0 unspecified atom stereocenters. The Bertz CT molecular complexity index is 480. The highest BCUT2D eigenvalue weighted by molar-refractivity contribution is 6.32. The van der Waals surface area contributed by atoms with E-state index in [-0.39, 0.29) is 12.2 Å². The van der Waals surface area contributed by atoms with Gasteiger partial charge in [0, 0.05) is 28.6 Å². The van der Waals surface area contributed by atoms with Gasteiger partial charge < -0.3 is 0 Å². The van der Waals surface area contributed by atoms with Crippen molar-refractivity contribution < 1.29 is 4.92 Å². The molecule has 0 spiro atoms. The van der Waals surface area contributed by atoms with Crippen molar-refractivity contribution >= 4 is 23.4 Å². The molecular formula is C9H7ClN4O2. The van der Waals surface area contributed by atoms with Crippen LogP contribution in [0, 0.1) is 10.1 Å². The zero-order valence-electron chi connectivity index (χ0n) is 8.08. The molecule has 0 atom stereocenters. The minimum Gasteiger partial charge on any atom is -0.258 e. The molecule has 0 N–H and O–H groups in total. The first-order valence-electron chi connectivity index (χ1n) is 4.26. The molecule has 0 saturated carbocycles. The molecule has 7 heteroatoms. The van der Waals surface area contributed by atoms with E-state index in [1.54, 1.807) is 12.2 Å². The van der Waals surface area contributed by atoms with Crippen molar-refractivity contribution in [1.82, 2.24) is 0 Å². The van der Waals surface area contributed by atoms with Crippen LogP contribution in [-0.2, 0) is 0 Å². The topological polar surface area (TPSA) is 91.9 Å². The summed E-state index contributed by atoms with van der Waals surface area (Å²) in [7, 11) is 0. The van der Waals surface area contributed by atoms with Crippen LogP contribution in [0.25, 0.3) is 16.5 Å². The summed E-state index contributed by atoms with van der Waals surface area (Å²) in [6.07, 6.45) is 3.15. The van der Waals surface area contributed by atoms with Crippen molar-refractivity contribution in [1.29, 1.82) is 0 Å². The van der Waals surface area contributed by atoms with Crippen LogP contribution < -0.4 is 0 Å². The highest BCUT2D eigenvalue weighted by Crippen LogP contribution is 2.22. The third-order valence-electron chi connectivity index (χ3n) is 1.74. The third-order valence-corrected chi connectivity index (χ3v) is 2.08. The predicted molar refractivity (Wildman–Crippen MR) is 61.2 cm³/mol.